The number of carbonyl (C=O) groups excluding carboxylic acids is 3. The fraction of sp³-hybridized carbons (Fsp3) is 0.435. The maximum Gasteiger partial charge on any atom is 0.325 e. The number of nitrogens with one attached hydrogen (secondary N) is 5. The number of aromatic amines is 1. The van der Waals surface area contributed by atoms with E-state index in [2.05, 4.69) is 31.2 Å². The fourth-order valence-corrected chi connectivity index (χ4v) is 3.71. The molecule has 3 rings (SSSR count). The Labute approximate surface area is 197 Å². The van der Waals surface area contributed by atoms with Crippen molar-refractivity contribution in [3.63, 3.8) is 0 Å². The molecule has 4 unspecified atom stereocenters. The SMILES string of the molecule is CC(NC(=O)C(Cc1cnc[nH]1)NC(=O)C(Cc1ccccc1)NC(=O)C1CCCN1)C(=O)O. The Balaban J connectivity index is 1.76. The summed E-state index contributed by atoms with van der Waals surface area (Å²) in [5.41, 5.74) is 1.43. The third-order valence-electron chi connectivity index (χ3n) is 5.63. The monoisotopic (exact) mass is 470 g/mol. The number of nitrogens with zero attached hydrogens (tertiary/aromatic N) is 1. The molecule has 11 heteroatoms. The van der Waals surface area contributed by atoms with Gasteiger partial charge in [-0.1, -0.05) is 30.3 Å². The predicted molar refractivity (Wildman–Crippen MR) is 123 cm³/mol. The maximum atomic E-state index is 13.3. The van der Waals surface area contributed by atoms with Crippen molar-refractivity contribution in [2.24, 2.45) is 0 Å². The van der Waals surface area contributed by atoms with Gasteiger partial charge in [-0.15, -0.1) is 0 Å². The van der Waals surface area contributed by atoms with Crippen LogP contribution in [-0.2, 0) is 32.0 Å². The summed E-state index contributed by atoms with van der Waals surface area (Å²) in [6.07, 6.45) is 4.82. The van der Waals surface area contributed by atoms with Crippen LogP contribution in [0.25, 0.3) is 0 Å². The van der Waals surface area contributed by atoms with Gasteiger partial charge in [0, 0.05) is 24.7 Å². The standard InChI is InChI=1S/C23H30N6O5/c1-14(23(33)34)27-21(31)19(11-16-12-24-13-26-16)29-22(32)18(10-15-6-3-2-4-7-15)28-20(30)17-8-5-9-25-17/h2-4,6-7,12-14,17-19,25H,5,8-11H2,1H3,(H,24,26)(H,27,31)(H,28,30)(H,29,32)(H,33,34). The van der Waals surface area contributed by atoms with E-state index in [0.717, 1.165) is 18.5 Å². The van der Waals surface area contributed by atoms with Gasteiger partial charge in [0.05, 0.1) is 12.4 Å². The molecule has 2 heterocycles. The van der Waals surface area contributed by atoms with Gasteiger partial charge in [-0.2, -0.15) is 0 Å². The van der Waals surface area contributed by atoms with Gasteiger partial charge >= 0.3 is 5.97 Å². The Morgan fingerprint density at radius 1 is 1.06 bits per heavy atom. The topological polar surface area (TPSA) is 165 Å². The number of hydrogen-bond acceptors (Lipinski definition) is 6. The lowest BCUT2D eigenvalue weighted by atomic mass is 10.0. The minimum atomic E-state index is -1.20. The number of imidazole rings is 1. The van der Waals surface area contributed by atoms with E-state index in [1.54, 1.807) is 0 Å². The first-order valence-electron chi connectivity index (χ1n) is 11.2. The van der Waals surface area contributed by atoms with E-state index in [0.29, 0.717) is 12.1 Å². The van der Waals surface area contributed by atoms with Crippen molar-refractivity contribution in [2.45, 2.75) is 56.8 Å². The number of hydrogen-bond donors (Lipinski definition) is 6. The largest absolute Gasteiger partial charge is 0.480 e. The van der Waals surface area contributed by atoms with E-state index in [-0.39, 0.29) is 24.8 Å². The molecule has 0 spiro atoms. The molecule has 0 saturated carbocycles. The van der Waals surface area contributed by atoms with Crippen molar-refractivity contribution in [3.8, 4) is 0 Å². The van der Waals surface area contributed by atoms with Crippen LogP contribution in [-0.4, -0.2) is 69.5 Å². The van der Waals surface area contributed by atoms with Gasteiger partial charge < -0.3 is 31.4 Å². The van der Waals surface area contributed by atoms with Crippen molar-refractivity contribution in [2.75, 3.05) is 6.54 Å². The van der Waals surface area contributed by atoms with E-state index >= 15 is 0 Å². The minimum Gasteiger partial charge on any atom is -0.480 e. The van der Waals surface area contributed by atoms with Gasteiger partial charge in [-0.3, -0.25) is 19.2 Å². The molecule has 1 aliphatic heterocycles. The lowest BCUT2D eigenvalue weighted by Gasteiger charge is -2.24. The van der Waals surface area contributed by atoms with Gasteiger partial charge in [-0.25, -0.2) is 4.98 Å². The molecule has 6 N–H and O–H groups in total. The molecule has 2 aromatic rings. The van der Waals surface area contributed by atoms with Crippen molar-refractivity contribution in [1.82, 2.24) is 31.2 Å². The summed E-state index contributed by atoms with van der Waals surface area (Å²) in [4.78, 5) is 56.8. The van der Waals surface area contributed by atoms with Crippen LogP contribution in [0.2, 0.25) is 0 Å². The zero-order chi connectivity index (χ0) is 24.5. The van der Waals surface area contributed by atoms with E-state index in [1.807, 2.05) is 30.3 Å². The van der Waals surface area contributed by atoms with Crippen molar-refractivity contribution >= 4 is 23.7 Å². The number of aromatic nitrogens is 2. The normalized spacial score (nSPS) is 17.9. The zero-order valence-corrected chi connectivity index (χ0v) is 18.9. The minimum absolute atomic E-state index is 0.0695. The summed E-state index contributed by atoms with van der Waals surface area (Å²) in [6, 6.07) is 5.73. The average molecular weight is 471 g/mol. The highest BCUT2D eigenvalue weighted by Gasteiger charge is 2.31. The molecule has 4 atom stereocenters. The molecule has 0 bridgehead atoms. The number of carboxylic acid groups (broad SMARTS) is 1. The Morgan fingerprint density at radius 3 is 2.38 bits per heavy atom. The number of aliphatic carboxylic acids is 1. The average Bonchev–Trinajstić information content (AvgIpc) is 3.53. The first-order valence-corrected chi connectivity index (χ1v) is 11.2. The molecule has 0 radical (unpaired) electrons. The molecule has 1 aromatic heterocycles. The second-order valence-corrected chi connectivity index (χ2v) is 8.31. The number of amides is 3. The van der Waals surface area contributed by atoms with E-state index < -0.39 is 35.9 Å². The summed E-state index contributed by atoms with van der Waals surface area (Å²) in [5, 5.41) is 20.1. The molecular weight excluding hydrogens is 440 g/mol. The van der Waals surface area contributed by atoms with Crippen LogP contribution in [0.1, 0.15) is 31.0 Å². The van der Waals surface area contributed by atoms with Crippen LogP contribution < -0.4 is 21.3 Å². The quantitative estimate of drug-likeness (QED) is 0.258. The summed E-state index contributed by atoms with van der Waals surface area (Å²) in [6.45, 7) is 2.07. The maximum absolute atomic E-state index is 13.3. The lowest BCUT2D eigenvalue weighted by Crippen LogP contribution is -2.57. The summed E-state index contributed by atoms with van der Waals surface area (Å²) >= 11 is 0. The van der Waals surface area contributed by atoms with Gasteiger partial charge in [0.15, 0.2) is 0 Å². The molecule has 0 aliphatic carbocycles. The fourth-order valence-electron chi connectivity index (χ4n) is 3.71. The number of H-pyrrole nitrogens is 1. The first kappa shape index (κ1) is 24.9. The molecule has 1 saturated heterocycles. The highest BCUT2D eigenvalue weighted by Crippen LogP contribution is 2.09. The lowest BCUT2D eigenvalue weighted by molar-refractivity contribution is -0.141. The molecule has 1 aliphatic rings. The highest BCUT2D eigenvalue weighted by atomic mass is 16.4. The Kier molecular flexibility index (Phi) is 8.74. The van der Waals surface area contributed by atoms with E-state index in [4.69, 9.17) is 5.11 Å². The third-order valence-corrected chi connectivity index (χ3v) is 5.63. The highest BCUT2D eigenvalue weighted by molar-refractivity contribution is 5.94. The van der Waals surface area contributed by atoms with Crippen molar-refractivity contribution < 1.29 is 24.3 Å². The second kappa shape index (κ2) is 11.9. The van der Waals surface area contributed by atoms with Crippen LogP contribution >= 0.6 is 0 Å². The molecule has 1 aromatic carbocycles. The summed E-state index contributed by atoms with van der Waals surface area (Å²) in [5.74, 6) is -2.67. The van der Waals surface area contributed by atoms with Crippen molar-refractivity contribution in [1.29, 1.82) is 0 Å². The molecule has 11 nitrogen and oxygen atoms in total. The molecule has 34 heavy (non-hydrogen) atoms. The number of rotatable bonds is 11. The molecule has 182 valence electrons. The third kappa shape index (κ3) is 7.14. The smallest absolute Gasteiger partial charge is 0.325 e. The Morgan fingerprint density at radius 2 is 1.76 bits per heavy atom. The Bertz CT molecular complexity index is 975. The van der Waals surface area contributed by atoms with Gasteiger partial charge in [-0.05, 0) is 31.9 Å². The second-order valence-electron chi connectivity index (χ2n) is 8.31. The van der Waals surface area contributed by atoms with Crippen molar-refractivity contribution in [3.05, 3.63) is 54.1 Å². The van der Waals surface area contributed by atoms with Crippen LogP contribution in [0.15, 0.2) is 42.9 Å². The molecule has 3 amide bonds. The van der Waals surface area contributed by atoms with E-state index in [9.17, 15) is 19.2 Å². The number of benzene rings is 1. The summed E-state index contributed by atoms with van der Waals surface area (Å²) in [7, 11) is 0. The summed E-state index contributed by atoms with van der Waals surface area (Å²) < 4.78 is 0. The number of carbonyl (C=O) groups is 4. The molecule has 1 fully saturated rings. The van der Waals surface area contributed by atoms with Crippen LogP contribution in [0.5, 0.6) is 0 Å². The predicted octanol–water partition coefficient (Wildman–Crippen LogP) is -0.494. The molecular formula is C23H30N6O5. The number of carboxylic acids is 1. The Hall–Kier alpha value is -3.73. The van der Waals surface area contributed by atoms with E-state index in [1.165, 1.54) is 19.4 Å². The van der Waals surface area contributed by atoms with Gasteiger partial charge in [0.25, 0.3) is 0 Å². The first-order chi connectivity index (χ1) is 16.3. The van der Waals surface area contributed by atoms with Gasteiger partial charge in [0.2, 0.25) is 17.7 Å². The van der Waals surface area contributed by atoms with Crippen LogP contribution in [0.3, 0.4) is 0 Å². The zero-order valence-electron chi connectivity index (χ0n) is 18.9. The van der Waals surface area contributed by atoms with Crippen LogP contribution in [0, 0.1) is 0 Å². The van der Waals surface area contributed by atoms with Gasteiger partial charge in [0.1, 0.15) is 18.1 Å². The van der Waals surface area contributed by atoms with Crippen LogP contribution in [0.4, 0.5) is 0 Å².